The Hall–Kier alpha value is -1.06. The molecule has 3 saturated heterocycles. The van der Waals surface area contributed by atoms with Crippen LogP contribution in [-0.2, 0) is 19.1 Å². The summed E-state index contributed by atoms with van der Waals surface area (Å²) in [5, 5.41) is 9.48. The fourth-order valence-electron chi connectivity index (χ4n) is 5.12. The van der Waals surface area contributed by atoms with Crippen molar-refractivity contribution in [2.45, 2.75) is 54.1 Å². The van der Waals surface area contributed by atoms with Gasteiger partial charge >= 0.3 is 5.97 Å². The van der Waals surface area contributed by atoms with E-state index in [9.17, 15) is 19.5 Å². The Labute approximate surface area is 184 Å². The molecule has 0 aromatic carbocycles. The zero-order chi connectivity index (χ0) is 21.5. The van der Waals surface area contributed by atoms with Crippen molar-refractivity contribution < 1.29 is 24.2 Å². The molecular formula is C20H29BrN2O5S. The van der Waals surface area contributed by atoms with Gasteiger partial charge in [-0.25, -0.2) is 0 Å². The van der Waals surface area contributed by atoms with Crippen LogP contribution in [0.2, 0.25) is 0 Å². The Bertz CT molecular complexity index is 704. The van der Waals surface area contributed by atoms with Crippen molar-refractivity contribution in [3.8, 4) is 0 Å². The van der Waals surface area contributed by atoms with E-state index >= 15 is 0 Å². The van der Waals surface area contributed by atoms with Gasteiger partial charge in [-0.3, -0.25) is 14.4 Å². The number of halogens is 1. The average Bonchev–Trinajstić information content (AvgIpc) is 3.24. The predicted octanol–water partition coefficient (Wildman–Crippen LogP) is 1.43. The molecule has 0 saturated carbocycles. The monoisotopic (exact) mass is 488 g/mol. The van der Waals surface area contributed by atoms with Gasteiger partial charge in [-0.1, -0.05) is 22.0 Å². The molecule has 0 radical (unpaired) electrons. The van der Waals surface area contributed by atoms with Crippen LogP contribution in [0.25, 0.3) is 0 Å². The van der Waals surface area contributed by atoms with Crippen molar-refractivity contribution in [2.24, 2.45) is 11.8 Å². The third-order valence-corrected chi connectivity index (χ3v) is 9.37. The number of aliphatic hydroxyl groups is 1. The van der Waals surface area contributed by atoms with Crippen molar-refractivity contribution in [2.75, 3.05) is 26.3 Å². The first-order valence-electron chi connectivity index (χ1n) is 10.1. The molecule has 1 spiro atoms. The van der Waals surface area contributed by atoms with Crippen LogP contribution in [0.15, 0.2) is 12.7 Å². The van der Waals surface area contributed by atoms with Crippen LogP contribution in [0.3, 0.4) is 0 Å². The van der Waals surface area contributed by atoms with Crippen LogP contribution in [0.4, 0.5) is 0 Å². The molecule has 3 aliphatic heterocycles. The van der Waals surface area contributed by atoms with Gasteiger partial charge in [0, 0.05) is 29.2 Å². The number of esters is 1. The highest BCUT2D eigenvalue weighted by molar-refractivity contribution is 9.09. The van der Waals surface area contributed by atoms with E-state index < -0.39 is 22.6 Å². The number of alkyl halides is 1. The standard InChI is InChI=1S/C20H29BrN2O5S/c1-5-7-22(11(3)4)18(26)16-20-10-12(21)15(29-20)13(19(27)28-6-2)14(20)17(25)23(16)8-9-24/h5,11-16,24H,1,6-10H2,2-4H3/t12?,13-,14+,15-,16?,20?/m1/s1. The van der Waals surface area contributed by atoms with Crippen molar-refractivity contribution in [3.63, 3.8) is 0 Å². The molecule has 0 aromatic rings. The number of nitrogens with zero attached hydrogens (tertiary/aromatic N) is 2. The second-order valence-corrected chi connectivity index (χ2v) is 10.8. The normalized spacial score (nSPS) is 35.2. The summed E-state index contributed by atoms with van der Waals surface area (Å²) >= 11 is 5.26. The first-order chi connectivity index (χ1) is 13.7. The van der Waals surface area contributed by atoms with Crippen molar-refractivity contribution in [1.82, 2.24) is 9.80 Å². The van der Waals surface area contributed by atoms with Crippen LogP contribution in [0.1, 0.15) is 27.2 Å². The predicted molar refractivity (Wildman–Crippen MR) is 115 cm³/mol. The summed E-state index contributed by atoms with van der Waals surface area (Å²) in [6.45, 7) is 9.81. The van der Waals surface area contributed by atoms with E-state index in [1.165, 1.54) is 4.90 Å². The third-order valence-electron chi connectivity index (χ3n) is 6.15. The second-order valence-electron chi connectivity index (χ2n) is 8.04. The number of carbonyl (C=O) groups is 3. The van der Waals surface area contributed by atoms with Gasteiger partial charge in [-0.15, -0.1) is 18.3 Å². The molecule has 7 nitrogen and oxygen atoms in total. The number of aliphatic hydroxyl groups excluding tert-OH is 1. The third kappa shape index (κ3) is 3.43. The molecule has 9 heteroatoms. The molecule has 2 bridgehead atoms. The van der Waals surface area contributed by atoms with E-state index in [0.29, 0.717) is 13.0 Å². The molecule has 162 valence electrons. The summed E-state index contributed by atoms with van der Waals surface area (Å²) in [7, 11) is 0. The molecule has 6 atom stereocenters. The molecule has 0 aromatic heterocycles. The number of likely N-dealkylation sites (tertiary alicyclic amines) is 1. The fraction of sp³-hybridized carbons (Fsp3) is 0.750. The first-order valence-corrected chi connectivity index (χ1v) is 11.9. The molecular weight excluding hydrogens is 460 g/mol. The van der Waals surface area contributed by atoms with Crippen LogP contribution in [0.5, 0.6) is 0 Å². The maximum absolute atomic E-state index is 13.7. The minimum atomic E-state index is -0.719. The van der Waals surface area contributed by atoms with Gasteiger partial charge in [0.2, 0.25) is 11.8 Å². The summed E-state index contributed by atoms with van der Waals surface area (Å²) < 4.78 is 4.59. The topological polar surface area (TPSA) is 87.2 Å². The zero-order valence-electron chi connectivity index (χ0n) is 17.0. The van der Waals surface area contributed by atoms with Crippen molar-refractivity contribution >= 4 is 45.5 Å². The summed E-state index contributed by atoms with van der Waals surface area (Å²) in [6, 6.07) is -0.782. The van der Waals surface area contributed by atoms with E-state index in [0.717, 1.165) is 0 Å². The lowest BCUT2D eigenvalue weighted by Gasteiger charge is -2.38. The highest BCUT2D eigenvalue weighted by atomic mass is 79.9. The van der Waals surface area contributed by atoms with Gasteiger partial charge in [0.15, 0.2) is 0 Å². The average molecular weight is 489 g/mol. The number of amides is 2. The Kier molecular flexibility index (Phi) is 6.70. The number of thioether (sulfide) groups is 1. The molecule has 29 heavy (non-hydrogen) atoms. The van der Waals surface area contributed by atoms with Crippen LogP contribution in [0, 0.1) is 11.8 Å². The summed E-state index contributed by atoms with van der Waals surface area (Å²) in [4.78, 5) is 43.1. The summed E-state index contributed by atoms with van der Waals surface area (Å²) in [6.07, 6.45) is 2.29. The van der Waals surface area contributed by atoms with E-state index in [1.54, 1.807) is 29.7 Å². The second kappa shape index (κ2) is 8.59. The number of ether oxygens (including phenoxy) is 1. The summed E-state index contributed by atoms with van der Waals surface area (Å²) in [5.74, 6) is -1.95. The molecule has 0 aliphatic carbocycles. The summed E-state index contributed by atoms with van der Waals surface area (Å²) in [5.41, 5.74) is 0. The molecule has 3 heterocycles. The number of β-amino-alcohol motifs (C(OH)–C–C–N with tert-alkyl or cyclic N) is 1. The lowest BCUT2D eigenvalue weighted by atomic mass is 9.71. The largest absolute Gasteiger partial charge is 0.466 e. The maximum Gasteiger partial charge on any atom is 0.310 e. The number of hydrogen-bond acceptors (Lipinski definition) is 6. The van der Waals surface area contributed by atoms with E-state index in [-0.39, 0.29) is 53.7 Å². The SMILES string of the molecule is C=CCN(C(=O)C1N(CCO)C(=O)[C@@H]2[C@@H](C(=O)OCC)[C@@H]3SC12CC3Br)C(C)C. The fourth-order valence-corrected chi connectivity index (χ4v) is 8.71. The van der Waals surface area contributed by atoms with E-state index in [1.807, 2.05) is 13.8 Å². The van der Waals surface area contributed by atoms with Gasteiger partial charge in [0.25, 0.3) is 0 Å². The van der Waals surface area contributed by atoms with Gasteiger partial charge < -0.3 is 19.6 Å². The van der Waals surface area contributed by atoms with E-state index in [2.05, 4.69) is 22.5 Å². The molecule has 2 amide bonds. The number of rotatable bonds is 8. The lowest BCUT2D eigenvalue weighted by Crippen LogP contribution is -2.57. The van der Waals surface area contributed by atoms with Gasteiger partial charge in [0.05, 0.1) is 29.8 Å². The van der Waals surface area contributed by atoms with Gasteiger partial charge in [-0.2, -0.15) is 0 Å². The van der Waals surface area contributed by atoms with Crippen LogP contribution in [-0.4, -0.2) is 85.9 Å². The van der Waals surface area contributed by atoms with Gasteiger partial charge in [-0.05, 0) is 27.2 Å². The molecule has 3 rings (SSSR count). The Balaban J connectivity index is 2.06. The number of carbonyl (C=O) groups excluding carboxylic acids is 3. The van der Waals surface area contributed by atoms with Crippen molar-refractivity contribution in [1.29, 1.82) is 0 Å². The quantitative estimate of drug-likeness (QED) is 0.316. The zero-order valence-corrected chi connectivity index (χ0v) is 19.4. The number of fused-ring (bicyclic) bond motifs is 1. The van der Waals surface area contributed by atoms with Crippen LogP contribution < -0.4 is 0 Å². The van der Waals surface area contributed by atoms with Crippen LogP contribution >= 0.6 is 27.7 Å². The Morgan fingerprint density at radius 1 is 1.52 bits per heavy atom. The Morgan fingerprint density at radius 3 is 2.76 bits per heavy atom. The molecule has 1 N–H and O–H groups in total. The molecule has 3 aliphatic rings. The Morgan fingerprint density at radius 2 is 2.21 bits per heavy atom. The smallest absolute Gasteiger partial charge is 0.310 e. The maximum atomic E-state index is 13.7. The highest BCUT2D eigenvalue weighted by Gasteiger charge is 2.76. The minimum absolute atomic E-state index is 0.0160. The molecule has 3 fully saturated rings. The van der Waals surface area contributed by atoms with Gasteiger partial charge in [0.1, 0.15) is 6.04 Å². The lowest BCUT2D eigenvalue weighted by molar-refractivity contribution is -0.153. The highest BCUT2D eigenvalue weighted by Crippen LogP contribution is 2.68. The number of hydrogen-bond donors (Lipinski definition) is 1. The van der Waals surface area contributed by atoms with Crippen molar-refractivity contribution in [3.05, 3.63) is 12.7 Å². The molecule has 3 unspecified atom stereocenters. The first kappa shape index (κ1) is 22.6. The minimum Gasteiger partial charge on any atom is -0.466 e. The van der Waals surface area contributed by atoms with E-state index in [4.69, 9.17) is 4.74 Å².